The molecule has 0 spiro atoms. The molecule has 3 N–H and O–H groups in total. The Balaban J connectivity index is 0.000000799. The molecule has 5 rings (SSSR count). The second kappa shape index (κ2) is 9.32. The topological polar surface area (TPSA) is 99.5 Å². The van der Waals surface area contributed by atoms with Crippen LogP contribution in [0.3, 0.4) is 0 Å². The van der Waals surface area contributed by atoms with E-state index in [-0.39, 0.29) is 30.1 Å². The summed E-state index contributed by atoms with van der Waals surface area (Å²) in [6.45, 7) is 2.06. The largest absolute Gasteiger partial charge is 0.465 e. The number of carbonyl (C=O) groups is 2. The number of anilines is 3. The molecule has 3 aromatic rings. The Hall–Kier alpha value is -3.88. The van der Waals surface area contributed by atoms with Gasteiger partial charge in [0.15, 0.2) is 0 Å². The average Bonchev–Trinajstić information content (AvgIpc) is 3.63. The molecule has 0 unspecified atom stereocenters. The molecule has 0 radical (unpaired) electrons. The molecule has 1 saturated carbocycles. The maximum Gasteiger partial charge on any atom is 0.404 e. The van der Waals surface area contributed by atoms with Crippen LogP contribution in [0.4, 0.5) is 26.4 Å². The molecule has 9 heteroatoms. The Morgan fingerprint density at radius 1 is 1.18 bits per heavy atom. The number of halogens is 1. The van der Waals surface area contributed by atoms with Crippen molar-refractivity contribution in [1.29, 1.82) is 0 Å². The summed E-state index contributed by atoms with van der Waals surface area (Å²) in [5.41, 5.74) is 3.64. The zero-order valence-electron chi connectivity index (χ0n) is 18.6. The molecule has 2 amide bonds. The van der Waals surface area contributed by atoms with Crippen molar-refractivity contribution in [3.8, 4) is 0 Å². The van der Waals surface area contributed by atoms with Crippen LogP contribution in [-0.2, 0) is 20.1 Å². The lowest BCUT2D eigenvalue weighted by atomic mass is 10.1. The molecule has 172 valence electrons. The number of aryl methyl sites for hydroxylation is 2. The van der Waals surface area contributed by atoms with Crippen LogP contribution in [-0.4, -0.2) is 26.9 Å². The summed E-state index contributed by atoms with van der Waals surface area (Å²) in [6.07, 6.45) is 4.95. The first kappa shape index (κ1) is 22.3. The zero-order valence-corrected chi connectivity index (χ0v) is 18.6. The highest BCUT2D eigenvalue weighted by molar-refractivity contribution is 6.08. The van der Waals surface area contributed by atoms with Gasteiger partial charge >= 0.3 is 6.09 Å². The number of nitrogens with one attached hydrogen (secondary N) is 2. The number of fused-ring (bicyclic) bond motifs is 2. The lowest BCUT2D eigenvalue weighted by Crippen LogP contribution is -2.30. The highest BCUT2D eigenvalue weighted by Gasteiger charge is 2.27. The SMILES string of the molecule is C1CC1.Cc1ccc2c(c1)Nc1c(cnn1C)CN2C(=O)c1ccc(CNC(=O)O)c(F)c1. The van der Waals surface area contributed by atoms with E-state index in [1.807, 2.05) is 32.2 Å². The van der Waals surface area contributed by atoms with Crippen LogP contribution in [0.15, 0.2) is 42.6 Å². The van der Waals surface area contributed by atoms with E-state index >= 15 is 0 Å². The van der Waals surface area contributed by atoms with E-state index in [1.165, 1.54) is 31.4 Å². The number of benzene rings is 2. The predicted octanol–water partition coefficient (Wildman–Crippen LogP) is 4.71. The Bertz CT molecular complexity index is 1200. The van der Waals surface area contributed by atoms with Gasteiger partial charge < -0.3 is 20.6 Å². The zero-order chi connectivity index (χ0) is 23.5. The highest BCUT2D eigenvalue weighted by atomic mass is 19.1. The second-order valence-corrected chi connectivity index (χ2v) is 8.20. The fourth-order valence-corrected chi connectivity index (χ4v) is 3.46. The standard InChI is InChI=1S/C21H20FN5O3.C3H6/c1-12-3-6-18-17(7-12)25-19-15(10-24-26(19)2)11-27(18)20(28)13-4-5-14(16(22)8-13)9-23-21(29)30;1-2-3-1/h3-8,10,23,25H,9,11H2,1-2H3,(H,29,30);1-3H2. The fraction of sp³-hybridized carbons (Fsp3) is 0.292. The summed E-state index contributed by atoms with van der Waals surface area (Å²) >= 11 is 0. The number of hydrogen-bond donors (Lipinski definition) is 3. The minimum Gasteiger partial charge on any atom is -0.465 e. The number of carbonyl (C=O) groups excluding carboxylic acids is 1. The Labute approximate surface area is 191 Å². The Kier molecular flexibility index (Phi) is 6.30. The third-order valence-corrected chi connectivity index (χ3v) is 5.37. The molecular weight excluding hydrogens is 425 g/mol. The minimum absolute atomic E-state index is 0.164. The maximum atomic E-state index is 14.5. The average molecular weight is 452 g/mol. The van der Waals surface area contributed by atoms with Gasteiger partial charge in [-0.2, -0.15) is 5.10 Å². The molecule has 1 fully saturated rings. The summed E-state index contributed by atoms with van der Waals surface area (Å²) in [4.78, 5) is 25.6. The van der Waals surface area contributed by atoms with Crippen LogP contribution in [0.5, 0.6) is 0 Å². The highest BCUT2D eigenvalue weighted by Crippen LogP contribution is 2.37. The van der Waals surface area contributed by atoms with Crippen LogP contribution < -0.4 is 15.5 Å². The monoisotopic (exact) mass is 451 g/mol. The summed E-state index contributed by atoms with van der Waals surface area (Å²) in [6, 6.07) is 9.77. The first-order valence-corrected chi connectivity index (χ1v) is 10.8. The number of hydrogen-bond acceptors (Lipinski definition) is 4. The van der Waals surface area contributed by atoms with Crippen LogP contribution in [0, 0.1) is 12.7 Å². The third-order valence-electron chi connectivity index (χ3n) is 5.37. The van der Waals surface area contributed by atoms with E-state index in [9.17, 15) is 14.0 Å². The van der Waals surface area contributed by atoms with Crippen LogP contribution in [0.2, 0.25) is 0 Å². The van der Waals surface area contributed by atoms with Gasteiger partial charge in [-0.15, -0.1) is 0 Å². The predicted molar refractivity (Wildman–Crippen MR) is 123 cm³/mol. The molecule has 2 aromatic carbocycles. The summed E-state index contributed by atoms with van der Waals surface area (Å²) < 4.78 is 16.2. The van der Waals surface area contributed by atoms with E-state index in [1.54, 1.807) is 15.8 Å². The van der Waals surface area contributed by atoms with Crippen molar-refractivity contribution in [3.63, 3.8) is 0 Å². The molecule has 1 aliphatic carbocycles. The van der Waals surface area contributed by atoms with Crippen molar-refractivity contribution in [3.05, 3.63) is 70.7 Å². The maximum absolute atomic E-state index is 14.5. The van der Waals surface area contributed by atoms with Gasteiger partial charge in [0.05, 0.1) is 24.1 Å². The van der Waals surface area contributed by atoms with Crippen molar-refractivity contribution in [2.45, 2.75) is 39.3 Å². The summed E-state index contributed by atoms with van der Waals surface area (Å²) in [5, 5.41) is 18.4. The van der Waals surface area contributed by atoms with Gasteiger partial charge in [-0.1, -0.05) is 31.4 Å². The van der Waals surface area contributed by atoms with Gasteiger partial charge in [-0.05, 0) is 36.8 Å². The van der Waals surface area contributed by atoms with E-state index in [0.29, 0.717) is 5.69 Å². The molecule has 8 nitrogen and oxygen atoms in total. The number of amides is 2. The summed E-state index contributed by atoms with van der Waals surface area (Å²) in [7, 11) is 1.82. The van der Waals surface area contributed by atoms with Crippen molar-refractivity contribution in [2.75, 3.05) is 10.2 Å². The number of carboxylic acid groups (broad SMARTS) is 1. The first-order valence-electron chi connectivity index (χ1n) is 10.8. The quantitative estimate of drug-likeness (QED) is 0.536. The van der Waals surface area contributed by atoms with Gasteiger partial charge in [0.1, 0.15) is 11.6 Å². The van der Waals surface area contributed by atoms with E-state index in [4.69, 9.17) is 5.11 Å². The number of nitrogens with zero attached hydrogens (tertiary/aromatic N) is 3. The van der Waals surface area contributed by atoms with Crippen LogP contribution in [0.25, 0.3) is 0 Å². The molecular formula is C24H26FN5O3. The van der Waals surface area contributed by atoms with E-state index in [0.717, 1.165) is 28.7 Å². The van der Waals surface area contributed by atoms with Crippen LogP contribution in [0.1, 0.15) is 46.3 Å². The second-order valence-electron chi connectivity index (χ2n) is 8.20. The minimum atomic E-state index is -1.24. The molecule has 1 aromatic heterocycles. The molecule has 1 aliphatic heterocycles. The molecule has 0 atom stereocenters. The molecule has 2 heterocycles. The Morgan fingerprint density at radius 3 is 2.61 bits per heavy atom. The van der Waals surface area contributed by atoms with Gasteiger partial charge in [0.2, 0.25) is 0 Å². The van der Waals surface area contributed by atoms with Crippen molar-refractivity contribution < 1.29 is 19.1 Å². The third kappa shape index (κ3) is 5.14. The molecule has 2 aliphatic rings. The van der Waals surface area contributed by atoms with Gasteiger partial charge in [-0.3, -0.25) is 9.48 Å². The fourth-order valence-electron chi connectivity index (χ4n) is 3.46. The van der Waals surface area contributed by atoms with Crippen LogP contribution >= 0.6 is 0 Å². The van der Waals surface area contributed by atoms with Crippen molar-refractivity contribution in [1.82, 2.24) is 15.1 Å². The molecule has 33 heavy (non-hydrogen) atoms. The van der Waals surface area contributed by atoms with E-state index in [2.05, 4.69) is 15.7 Å². The lowest BCUT2D eigenvalue weighted by Gasteiger charge is -2.23. The number of rotatable bonds is 3. The molecule has 0 bridgehead atoms. The molecule has 0 saturated heterocycles. The first-order chi connectivity index (χ1) is 15.8. The van der Waals surface area contributed by atoms with Crippen molar-refractivity contribution >= 4 is 29.2 Å². The normalized spacial score (nSPS) is 13.5. The smallest absolute Gasteiger partial charge is 0.404 e. The Morgan fingerprint density at radius 2 is 1.94 bits per heavy atom. The van der Waals surface area contributed by atoms with Crippen molar-refractivity contribution in [2.24, 2.45) is 7.05 Å². The lowest BCUT2D eigenvalue weighted by molar-refractivity contribution is 0.0985. The van der Waals surface area contributed by atoms with Gasteiger partial charge in [-0.25, -0.2) is 9.18 Å². The summed E-state index contributed by atoms with van der Waals surface area (Å²) in [5.74, 6) is -0.220. The number of aromatic nitrogens is 2. The van der Waals surface area contributed by atoms with E-state index < -0.39 is 11.9 Å². The van der Waals surface area contributed by atoms with Gasteiger partial charge in [0, 0.05) is 30.3 Å². The van der Waals surface area contributed by atoms with Gasteiger partial charge in [0.25, 0.3) is 5.91 Å².